The minimum atomic E-state index is -0.564. The van der Waals surface area contributed by atoms with Gasteiger partial charge in [0.25, 0.3) is 0 Å². The molecular formula is C38H48O16. The van der Waals surface area contributed by atoms with Gasteiger partial charge in [0.15, 0.2) is 0 Å². The zero-order valence-electron chi connectivity index (χ0n) is 30.6. The van der Waals surface area contributed by atoms with E-state index in [0.717, 1.165) is 19.3 Å². The van der Waals surface area contributed by atoms with Crippen LogP contribution >= 0.6 is 0 Å². The maximum absolute atomic E-state index is 12.0. The smallest absolute Gasteiger partial charge is 0.333 e. The van der Waals surface area contributed by atoms with Crippen molar-refractivity contribution < 1.29 is 76.3 Å². The number of carbonyl (C=O) groups is 8. The Morgan fingerprint density at radius 3 is 1.50 bits per heavy atom. The molecular weight excluding hydrogens is 712 g/mol. The zero-order valence-corrected chi connectivity index (χ0v) is 30.6. The average molecular weight is 761 g/mol. The summed E-state index contributed by atoms with van der Waals surface area (Å²) < 4.78 is 40.7. The van der Waals surface area contributed by atoms with Crippen molar-refractivity contribution in [3.05, 3.63) is 24.3 Å². The molecule has 0 amide bonds. The predicted molar refractivity (Wildman–Crippen MR) is 180 cm³/mol. The minimum absolute atomic E-state index is 0.0288. The Labute approximate surface area is 312 Å². The quantitative estimate of drug-likeness (QED) is 0.0957. The van der Waals surface area contributed by atoms with Crippen LogP contribution in [-0.2, 0) is 76.3 Å². The molecule has 54 heavy (non-hydrogen) atoms. The van der Waals surface area contributed by atoms with E-state index in [1.165, 1.54) is 13.8 Å². The third-order valence-electron chi connectivity index (χ3n) is 11.1. The summed E-state index contributed by atoms with van der Waals surface area (Å²) in [6.07, 6.45) is 2.41. The van der Waals surface area contributed by atoms with E-state index in [2.05, 4.69) is 13.2 Å². The highest BCUT2D eigenvalue weighted by Crippen LogP contribution is 2.57. The van der Waals surface area contributed by atoms with Gasteiger partial charge in [-0.2, -0.15) is 0 Å². The topological polar surface area (TPSA) is 210 Å². The molecule has 6 aliphatic rings. The molecule has 0 radical (unpaired) electrons. The van der Waals surface area contributed by atoms with Gasteiger partial charge >= 0.3 is 47.8 Å². The molecule has 16 heteroatoms. The SMILES string of the molecule is C=C(C)C(=O)OCCOC(=O)CCC(=O)OC1CC2CC1C1C(=O)OCC21.C=C(C)C(=O)OCCOC(=O)CCC(=O)OC1CC2CC1C1COC(=O)C21. The van der Waals surface area contributed by atoms with Crippen molar-refractivity contribution in [1.29, 1.82) is 0 Å². The molecule has 6 fully saturated rings. The Morgan fingerprint density at radius 2 is 0.963 bits per heavy atom. The van der Waals surface area contributed by atoms with Crippen LogP contribution in [0.5, 0.6) is 0 Å². The van der Waals surface area contributed by atoms with E-state index < -0.39 is 35.8 Å². The van der Waals surface area contributed by atoms with Crippen LogP contribution in [-0.4, -0.2) is 99.6 Å². The van der Waals surface area contributed by atoms with Gasteiger partial charge in [-0.05, 0) is 51.4 Å². The van der Waals surface area contributed by atoms with E-state index in [1.807, 2.05) is 0 Å². The van der Waals surface area contributed by atoms with Crippen LogP contribution in [0.25, 0.3) is 0 Å². The zero-order chi connectivity index (χ0) is 39.1. The molecule has 4 bridgehead atoms. The first-order chi connectivity index (χ1) is 25.7. The molecule has 4 saturated carbocycles. The second kappa shape index (κ2) is 18.0. The van der Waals surface area contributed by atoms with Crippen LogP contribution in [0.2, 0.25) is 0 Å². The van der Waals surface area contributed by atoms with Crippen molar-refractivity contribution >= 4 is 47.8 Å². The Bertz CT molecular complexity index is 1530. The Hall–Kier alpha value is -4.76. The van der Waals surface area contributed by atoms with E-state index in [0.29, 0.717) is 25.6 Å². The summed E-state index contributed by atoms with van der Waals surface area (Å²) >= 11 is 0. The molecule has 4 aliphatic carbocycles. The fourth-order valence-electron chi connectivity index (χ4n) is 8.68. The number of ether oxygens (including phenoxy) is 8. The van der Waals surface area contributed by atoms with Crippen molar-refractivity contribution in [1.82, 2.24) is 0 Å². The third kappa shape index (κ3) is 9.85. The van der Waals surface area contributed by atoms with Gasteiger partial charge in [-0.25, -0.2) is 9.59 Å². The molecule has 2 heterocycles. The lowest BCUT2D eigenvalue weighted by molar-refractivity contribution is -0.159. The van der Waals surface area contributed by atoms with E-state index >= 15 is 0 Å². The molecule has 16 nitrogen and oxygen atoms in total. The van der Waals surface area contributed by atoms with Gasteiger partial charge in [0.2, 0.25) is 0 Å². The van der Waals surface area contributed by atoms with Crippen LogP contribution in [0.1, 0.15) is 65.2 Å². The normalized spacial score (nSPS) is 30.4. The van der Waals surface area contributed by atoms with Gasteiger partial charge in [0, 0.05) is 34.8 Å². The summed E-state index contributed by atoms with van der Waals surface area (Å²) in [7, 11) is 0. The fourth-order valence-corrected chi connectivity index (χ4v) is 8.68. The number of fused-ring (bicyclic) bond motifs is 10. The molecule has 0 aromatic carbocycles. The standard InChI is InChI=1S/2C19H24O8/c1-10(2)18(22)25-6-5-24-15(20)3-4-16(21)27-14-8-11-7-12(14)13-9-26-19(23)17(11)13;1-10(2)18(22)25-6-5-24-15(20)3-4-16(21)27-14-8-11-7-12(14)17-13(11)9-26-19(17)23/h2*11-14,17H,1,3-9H2,2H3. The monoisotopic (exact) mass is 760 g/mol. The van der Waals surface area contributed by atoms with E-state index in [4.69, 9.17) is 37.9 Å². The predicted octanol–water partition coefficient (Wildman–Crippen LogP) is 2.34. The minimum Gasteiger partial charge on any atom is -0.465 e. The summed E-state index contributed by atoms with van der Waals surface area (Å²) in [6.45, 7) is 10.5. The molecule has 10 atom stereocenters. The maximum atomic E-state index is 12.0. The summed E-state index contributed by atoms with van der Waals surface area (Å²) in [5.74, 6) is -2.35. The van der Waals surface area contributed by atoms with Gasteiger partial charge in [0.1, 0.15) is 38.6 Å². The number of hydrogen-bond donors (Lipinski definition) is 0. The Kier molecular flexibility index (Phi) is 13.5. The first-order valence-electron chi connectivity index (χ1n) is 18.4. The fraction of sp³-hybridized carbons (Fsp3) is 0.684. The number of rotatable bonds is 16. The van der Waals surface area contributed by atoms with E-state index in [9.17, 15) is 38.4 Å². The van der Waals surface area contributed by atoms with Crippen molar-refractivity contribution in [2.75, 3.05) is 39.6 Å². The van der Waals surface area contributed by atoms with Crippen LogP contribution in [0.4, 0.5) is 0 Å². The molecule has 10 unspecified atom stereocenters. The summed E-state index contributed by atoms with van der Waals surface area (Å²) in [5.41, 5.74) is 0.534. The molecule has 0 spiro atoms. The summed E-state index contributed by atoms with van der Waals surface area (Å²) in [4.78, 5) is 93.2. The second-order valence-electron chi connectivity index (χ2n) is 14.8. The van der Waals surface area contributed by atoms with Gasteiger partial charge in [-0.3, -0.25) is 28.8 Å². The number of carbonyl (C=O) groups excluding carboxylic acids is 8. The summed E-state index contributed by atoms with van der Waals surface area (Å²) in [6, 6.07) is 0. The van der Waals surface area contributed by atoms with Crippen molar-refractivity contribution in [2.45, 2.75) is 77.4 Å². The molecule has 0 N–H and O–H groups in total. The molecule has 6 rings (SSSR count). The number of cyclic esters (lactones) is 2. The average Bonchev–Trinajstić information content (AvgIpc) is 3.98. The van der Waals surface area contributed by atoms with E-state index in [1.54, 1.807) is 0 Å². The molecule has 0 aromatic rings. The highest BCUT2D eigenvalue weighted by atomic mass is 16.6. The van der Waals surface area contributed by atoms with Crippen LogP contribution < -0.4 is 0 Å². The number of hydrogen-bond acceptors (Lipinski definition) is 16. The van der Waals surface area contributed by atoms with E-state index in [-0.39, 0.29) is 129 Å². The largest absolute Gasteiger partial charge is 0.465 e. The first-order valence-corrected chi connectivity index (χ1v) is 18.4. The van der Waals surface area contributed by atoms with Gasteiger partial charge in [-0.1, -0.05) is 13.2 Å². The number of esters is 8. The lowest BCUT2D eigenvalue weighted by atomic mass is 9.80. The highest BCUT2D eigenvalue weighted by molar-refractivity contribution is 5.87. The van der Waals surface area contributed by atoms with Crippen LogP contribution in [0.15, 0.2) is 24.3 Å². The van der Waals surface area contributed by atoms with Gasteiger partial charge < -0.3 is 37.9 Å². The molecule has 2 aliphatic heterocycles. The Morgan fingerprint density at radius 1 is 0.537 bits per heavy atom. The van der Waals surface area contributed by atoms with Crippen molar-refractivity contribution in [3.8, 4) is 0 Å². The molecule has 296 valence electrons. The van der Waals surface area contributed by atoms with Gasteiger partial charge in [-0.15, -0.1) is 0 Å². The molecule has 2 saturated heterocycles. The van der Waals surface area contributed by atoms with Gasteiger partial charge in [0.05, 0.1) is 50.7 Å². The first kappa shape index (κ1) is 40.4. The third-order valence-corrected chi connectivity index (χ3v) is 11.1. The Balaban J connectivity index is 0.000000208. The van der Waals surface area contributed by atoms with Crippen molar-refractivity contribution in [3.63, 3.8) is 0 Å². The summed E-state index contributed by atoms with van der Waals surface area (Å²) in [5, 5.41) is 0. The van der Waals surface area contributed by atoms with Crippen LogP contribution in [0.3, 0.4) is 0 Å². The lowest BCUT2D eigenvalue weighted by Crippen LogP contribution is -2.35. The van der Waals surface area contributed by atoms with Crippen LogP contribution in [0, 0.1) is 47.3 Å². The maximum Gasteiger partial charge on any atom is 0.333 e. The molecule has 0 aromatic heterocycles. The highest BCUT2D eigenvalue weighted by Gasteiger charge is 2.61. The second-order valence-corrected chi connectivity index (χ2v) is 14.8. The lowest BCUT2D eigenvalue weighted by Gasteiger charge is -2.28. The van der Waals surface area contributed by atoms with Crippen molar-refractivity contribution in [2.24, 2.45) is 47.3 Å².